The maximum atomic E-state index is 10.2. The van der Waals surface area contributed by atoms with Crippen LogP contribution in [0.3, 0.4) is 0 Å². The van der Waals surface area contributed by atoms with Gasteiger partial charge in [0.2, 0.25) is 0 Å². The number of hydrogen-bond acceptors (Lipinski definition) is 4. The van der Waals surface area contributed by atoms with Crippen LogP contribution in [-0.2, 0) is 0 Å². The van der Waals surface area contributed by atoms with Gasteiger partial charge in [-0.15, -0.1) is 11.3 Å². The second kappa shape index (κ2) is 2.02. The maximum Gasteiger partial charge on any atom is 0.349 e. The summed E-state index contributed by atoms with van der Waals surface area (Å²) in [4.78, 5) is 13.8. The fraction of sp³-hybridized carbons (Fsp3) is 0. The molecule has 0 aliphatic carbocycles. The normalized spacial score (nSPS) is 9.33. The maximum absolute atomic E-state index is 10.2. The van der Waals surface area contributed by atoms with Crippen LogP contribution in [0, 0.1) is 0 Å². The lowest BCUT2D eigenvalue weighted by Crippen LogP contribution is -1.97. The van der Waals surface area contributed by atoms with Crippen LogP contribution >= 0.6 is 11.3 Å². The summed E-state index contributed by atoms with van der Waals surface area (Å²) in [6.45, 7) is 0. The van der Waals surface area contributed by atoms with Crippen LogP contribution in [0.15, 0.2) is 5.51 Å². The number of rotatable bonds is 1. The molecule has 0 bridgehead atoms. The smallest absolute Gasteiger partial charge is 0.349 e. The number of hydrogen-bond donors (Lipinski definition) is 2. The minimum Gasteiger partial charge on any atom is -0.477 e. The minimum absolute atomic E-state index is 0.0903. The van der Waals surface area contributed by atoms with E-state index in [1.165, 1.54) is 5.51 Å². The largest absolute Gasteiger partial charge is 0.477 e. The minimum atomic E-state index is -1.02. The summed E-state index contributed by atoms with van der Waals surface area (Å²) >= 11 is 1.02. The van der Waals surface area contributed by atoms with E-state index in [-0.39, 0.29) is 10.7 Å². The number of aromatic carboxylic acids is 1. The quantitative estimate of drug-likeness (QED) is 0.599. The van der Waals surface area contributed by atoms with Crippen molar-refractivity contribution in [3.8, 4) is 0 Å². The number of carboxylic acids is 1. The molecule has 0 unspecified atom stereocenters. The molecule has 0 radical (unpaired) electrons. The van der Waals surface area contributed by atoms with Gasteiger partial charge in [-0.05, 0) is 0 Å². The van der Waals surface area contributed by atoms with Crippen LogP contribution in [-0.4, -0.2) is 16.1 Å². The molecule has 0 saturated heterocycles. The van der Waals surface area contributed by atoms with E-state index in [9.17, 15) is 4.79 Å². The Morgan fingerprint density at radius 2 is 2.56 bits per heavy atom. The number of carbonyl (C=O) groups is 1. The van der Waals surface area contributed by atoms with Crippen LogP contribution in [0.5, 0.6) is 0 Å². The molecule has 0 saturated carbocycles. The Hall–Kier alpha value is -1.10. The third-order valence-corrected chi connectivity index (χ3v) is 1.62. The number of aromatic nitrogens is 1. The predicted molar refractivity (Wildman–Crippen MR) is 33.5 cm³/mol. The fourth-order valence-corrected chi connectivity index (χ4v) is 0.961. The van der Waals surface area contributed by atoms with Gasteiger partial charge < -0.3 is 10.8 Å². The van der Waals surface area contributed by atoms with Crippen molar-refractivity contribution >= 4 is 23.1 Å². The van der Waals surface area contributed by atoms with Gasteiger partial charge in [0.15, 0.2) is 4.88 Å². The highest BCUT2D eigenvalue weighted by Gasteiger charge is 2.08. The Balaban J connectivity index is 3.08. The van der Waals surface area contributed by atoms with Gasteiger partial charge in [0, 0.05) is 0 Å². The van der Waals surface area contributed by atoms with E-state index in [1.807, 2.05) is 0 Å². The summed E-state index contributed by atoms with van der Waals surface area (Å²) in [6.07, 6.45) is 0. The summed E-state index contributed by atoms with van der Waals surface area (Å²) in [5.74, 6) is -0.928. The summed E-state index contributed by atoms with van der Waals surface area (Å²) in [7, 11) is 0. The number of nitrogen functional groups attached to an aromatic ring is 1. The zero-order valence-corrected chi connectivity index (χ0v) is 5.18. The molecule has 0 spiro atoms. The molecule has 0 aliphatic rings. The number of nitrogens with two attached hydrogens (primary N) is 1. The van der Waals surface area contributed by atoms with Gasteiger partial charge in [0.1, 0.15) is 5.82 Å². The Bertz CT molecular complexity index is 232. The van der Waals surface area contributed by atoms with Gasteiger partial charge in [0.25, 0.3) is 0 Å². The van der Waals surface area contributed by atoms with Crippen molar-refractivity contribution in [2.75, 3.05) is 5.73 Å². The lowest BCUT2D eigenvalue weighted by molar-refractivity contribution is 0.0703. The van der Waals surface area contributed by atoms with E-state index in [4.69, 9.17) is 10.8 Å². The van der Waals surface area contributed by atoms with Crippen molar-refractivity contribution in [1.29, 1.82) is 0 Å². The van der Waals surface area contributed by atoms with Crippen molar-refractivity contribution in [3.05, 3.63) is 10.4 Å². The van der Waals surface area contributed by atoms with E-state index < -0.39 is 5.97 Å². The van der Waals surface area contributed by atoms with Crippen LogP contribution in [0.1, 0.15) is 9.67 Å². The molecule has 0 fully saturated rings. The Labute approximate surface area is 55.0 Å². The van der Waals surface area contributed by atoms with Crippen LogP contribution < -0.4 is 5.73 Å². The third kappa shape index (κ3) is 0.996. The fourth-order valence-electron chi connectivity index (χ4n) is 0.415. The molecule has 1 rings (SSSR count). The lowest BCUT2D eigenvalue weighted by Gasteiger charge is -1.84. The molecule has 1 aromatic heterocycles. The molecule has 0 aromatic carbocycles. The van der Waals surface area contributed by atoms with E-state index in [0.717, 1.165) is 11.3 Å². The molecule has 4 nitrogen and oxygen atoms in total. The van der Waals surface area contributed by atoms with E-state index >= 15 is 0 Å². The molecule has 0 amide bonds. The zero-order chi connectivity index (χ0) is 6.85. The predicted octanol–water partition coefficient (Wildman–Crippen LogP) is 0.424. The van der Waals surface area contributed by atoms with Crippen molar-refractivity contribution in [1.82, 2.24) is 4.98 Å². The zero-order valence-electron chi connectivity index (χ0n) is 4.37. The summed E-state index contributed by atoms with van der Waals surface area (Å²) < 4.78 is 0. The van der Waals surface area contributed by atoms with E-state index in [1.54, 1.807) is 0 Å². The van der Waals surface area contributed by atoms with Crippen molar-refractivity contribution in [2.45, 2.75) is 0 Å². The first-order valence-corrected chi connectivity index (χ1v) is 3.02. The van der Waals surface area contributed by atoms with Crippen LogP contribution in [0.4, 0.5) is 5.82 Å². The van der Waals surface area contributed by atoms with Gasteiger partial charge in [-0.3, -0.25) is 0 Å². The third-order valence-electron chi connectivity index (χ3n) is 0.789. The van der Waals surface area contributed by atoms with Gasteiger partial charge in [-0.25, -0.2) is 9.78 Å². The molecule has 1 heterocycles. The summed E-state index contributed by atoms with van der Waals surface area (Å²) in [5.41, 5.74) is 6.56. The molecular formula is C4H4N2O2S. The second-order valence-corrected chi connectivity index (χ2v) is 2.23. The van der Waals surface area contributed by atoms with Crippen molar-refractivity contribution in [2.24, 2.45) is 0 Å². The highest BCUT2D eigenvalue weighted by atomic mass is 32.1. The van der Waals surface area contributed by atoms with Gasteiger partial charge >= 0.3 is 5.97 Å². The molecule has 9 heavy (non-hydrogen) atoms. The first kappa shape index (κ1) is 6.03. The topological polar surface area (TPSA) is 76.2 Å². The monoisotopic (exact) mass is 144 g/mol. The highest BCUT2D eigenvalue weighted by Crippen LogP contribution is 2.13. The lowest BCUT2D eigenvalue weighted by atomic mass is 10.5. The Morgan fingerprint density at radius 3 is 2.78 bits per heavy atom. The molecule has 1 aromatic rings. The van der Waals surface area contributed by atoms with Crippen molar-refractivity contribution < 1.29 is 9.90 Å². The summed E-state index contributed by atoms with van der Waals surface area (Å²) in [6, 6.07) is 0. The number of thiazole rings is 1. The first-order valence-electron chi connectivity index (χ1n) is 2.14. The molecule has 0 atom stereocenters. The molecule has 5 heteroatoms. The molecular weight excluding hydrogens is 140 g/mol. The molecule has 0 aliphatic heterocycles. The molecule has 48 valence electrons. The second-order valence-electron chi connectivity index (χ2n) is 1.37. The first-order chi connectivity index (χ1) is 4.22. The van der Waals surface area contributed by atoms with Crippen LogP contribution in [0.25, 0.3) is 0 Å². The van der Waals surface area contributed by atoms with Gasteiger partial charge in [-0.1, -0.05) is 0 Å². The summed E-state index contributed by atoms with van der Waals surface area (Å²) in [5, 5.41) is 8.34. The SMILES string of the molecule is Nc1ncsc1C(=O)O. The Kier molecular flexibility index (Phi) is 1.35. The van der Waals surface area contributed by atoms with Crippen LogP contribution in [0.2, 0.25) is 0 Å². The van der Waals surface area contributed by atoms with Gasteiger partial charge in [0.05, 0.1) is 5.51 Å². The van der Waals surface area contributed by atoms with E-state index in [2.05, 4.69) is 4.98 Å². The standard InChI is InChI=1S/C4H4N2O2S/c5-3-2(4(7)8)9-1-6-3/h1H,5H2,(H,7,8). The Morgan fingerprint density at radius 1 is 1.89 bits per heavy atom. The number of anilines is 1. The average molecular weight is 144 g/mol. The molecule has 3 N–H and O–H groups in total. The number of carboxylic acid groups (broad SMARTS) is 1. The van der Waals surface area contributed by atoms with E-state index in [0.29, 0.717) is 0 Å². The average Bonchev–Trinajstić information content (AvgIpc) is 2.13. The highest BCUT2D eigenvalue weighted by molar-refractivity contribution is 7.12. The van der Waals surface area contributed by atoms with Gasteiger partial charge in [-0.2, -0.15) is 0 Å². The number of nitrogens with zero attached hydrogens (tertiary/aromatic N) is 1. The van der Waals surface area contributed by atoms with Crippen molar-refractivity contribution in [3.63, 3.8) is 0 Å².